The second-order valence-electron chi connectivity index (χ2n) is 5.67. The van der Waals surface area contributed by atoms with Crippen LogP contribution in [0.4, 0.5) is 0 Å². The molecule has 3 rings (SSSR count). The van der Waals surface area contributed by atoms with Gasteiger partial charge in [-0.25, -0.2) is 4.98 Å². The maximum absolute atomic E-state index is 5.48. The van der Waals surface area contributed by atoms with E-state index in [-0.39, 0.29) is 12.0 Å². The topological polar surface area (TPSA) is 77.8 Å². The molecule has 0 bridgehead atoms. The number of hydrogen-bond acceptors (Lipinski definition) is 6. The normalized spacial score (nSPS) is 12.2. The zero-order valence-electron chi connectivity index (χ0n) is 11.7. The molecule has 2 aromatic heterocycles. The smallest absolute Gasteiger partial charge is 0.240 e. The Balaban J connectivity index is 2.06. The summed E-state index contributed by atoms with van der Waals surface area (Å²) in [4.78, 5) is 8.92. The van der Waals surface area contributed by atoms with Gasteiger partial charge < -0.3 is 10.3 Å². The fourth-order valence-corrected chi connectivity index (χ4v) is 2.90. The minimum atomic E-state index is 0.0582. The third-order valence-electron chi connectivity index (χ3n) is 2.93. The molecule has 3 aromatic rings. The lowest BCUT2D eigenvalue weighted by Crippen LogP contribution is -2.09. The maximum Gasteiger partial charge on any atom is 0.240 e. The van der Waals surface area contributed by atoms with Crippen molar-refractivity contribution in [2.24, 2.45) is 5.73 Å². The van der Waals surface area contributed by atoms with Crippen LogP contribution in [0, 0.1) is 0 Å². The first-order valence-corrected chi connectivity index (χ1v) is 7.23. The van der Waals surface area contributed by atoms with Gasteiger partial charge in [0.25, 0.3) is 0 Å². The average molecular weight is 288 g/mol. The number of nitrogens with zero attached hydrogens (tertiary/aromatic N) is 3. The molecule has 0 unspecified atom stereocenters. The van der Waals surface area contributed by atoms with Crippen LogP contribution < -0.4 is 5.73 Å². The molecule has 6 heteroatoms. The van der Waals surface area contributed by atoms with Gasteiger partial charge in [0.05, 0.1) is 21.8 Å². The first-order chi connectivity index (χ1) is 9.47. The SMILES string of the molecule is CC(C)(C)c1nc2ccc(-c3noc(CN)n3)cc2s1. The Morgan fingerprint density at radius 2 is 2.05 bits per heavy atom. The van der Waals surface area contributed by atoms with Crippen LogP contribution >= 0.6 is 11.3 Å². The van der Waals surface area contributed by atoms with E-state index < -0.39 is 0 Å². The quantitative estimate of drug-likeness (QED) is 0.784. The van der Waals surface area contributed by atoms with Gasteiger partial charge in [-0.2, -0.15) is 4.98 Å². The molecule has 0 amide bonds. The molecule has 104 valence electrons. The lowest BCUT2D eigenvalue weighted by Gasteiger charge is -2.13. The van der Waals surface area contributed by atoms with Crippen LogP contribution in [-0.4, -0.2) is 15.1 Å². The predicted molar refractivity (Wildman–Crippen MR) is 79.5 cm³/mol. The highest BCUT2D eigenvalue weighted by Crippen LogP contribution is 2.33. The summed E-state index contributed by atoms with van der Waals surface area (Å²) in [6.07, 6.45) is 0. The second kappa shape index (κ2) is 4.64. The molecule has 0 aliphatic rings. The summed E-state index contributed by atoms with van der Waals surface area (Å²) in [5.74, 6) is 1.01. The molecule has 0 aliphatic carbocycles. The minimum Gasteiger partial charge on any atom is -0.338 e. The fraction of sp³-hybridized carbons (Fsp3) is 0.357. The van der Waals surface area contributed by atoms with Crippen molar-refractivity contribution in [2.75, 3.05) is 0 Å². The summed E-state index contributed by atoms with van der Waals surface area (Å²) in [6.45, 7) is 6.75. The Labute approximate surface area is 120 Å². The third-order valence-corrected chi connectivity index (χ3v) is 4.37. The van der Waals surface area contributed by atoms with Crippen LogP contribution in [0.5, 0.6) is 0 Å². The lowest BCUT2D eigenvalue weighted by molar-refractivity contribution is 0.380. The molecule has 0 spiro atoms. The summed E-state index contributed by atoms with van der Waals surface area (Å²) in [7, 11) is 0. The van der Waals surface area contributed by atoms with Gasteiger partial charge in [-0.3, -0.25) is 0 Å². The van der Waals surface area contributed by atoms with Gasteiger partial charge in [-0.15, -0.1) is 11.3 Å². The van der Waals surface area contributed by atoms with Crippen molar-refractivity contribution in [2.45, 2.75) is 32.7 Å². The monoisotopic (exact) mass is 288 g/mol. The number of hydrogen-bond donors (Lipinski definition) is 1. The van der Waals surface area contributed by atoms with E-state index in [4.69, 9.17) is 10.3 Å². The van der Waals surface area contributed by atoms with Crippen LogP contribution in [0.1, 0.15) is 31.7 Å². The molecule has 0 atom stereocenters. The van der Waals surface area contributed by atoms with Crippen molar-refractivity contribution < 1.29 is 4.52 Å². The number of fused-ring (bicyclic) bond motifs is 1. The Bertz CT molecular complexity index is 754. The number of benzene rings is 1. The molecule has 0 fully saturated rings. The van der Waals surface area contributed by atoms with Gasteiger partial charge in [0.2, 0.25) is 11.7 Å². The van der Waals surface area contributed by atoms with Crippen molar-refractivity contribution in [3.63, 3.8) is 0 Å². The van der Waals surface area contributed by atoms with Gasteiger partial charge in [0.15, 0.2) is 0 Å². The third kappa shape index (κ3) is 2.32. The van der Waals surface area contributed by atoms with E-state index in [2.05, 4.69) is 35.9 Å². The van der Waals surface area contributed by atoms with Gasteiger partial charge in [0.1, 0.15) is 0 Å². The molecule has 2 N–H and O–H groups in total. The van der Waals surface area contributed by atoms with Gasteiger partial charge in [-0.1, -0.05) is 25.9 Å². The van der Waals surface area contributed by atoms with E-state index in [9.17, 15) is 0 Å². The number of thiazole rings is 1. The van der Waals surface area contributed by atoms with Crippen LogP contribution in [0.2, 0.25) is 0 Å². The van der Waals surface area contributed by atoms with E-state index in [1.54, 1.807) is 11.3 Å². The molecular formula is C14H16N4OS. The average Bonchev–Trinajstić information content (AvgIpc) is 3.03. The summed E-state index contributed by atoms with van der Waals surface area (Å²) >= 11 is 1.70. The van der Waals surface area contributed by atoms with Gasteiger partial charge in [-0.05, 0) is 18.2 Å². The predicted octanol–water partition coefficient (Wildman–Crippen LogP) is 3.10. The van der Waals surface area contributed by atoms with Crippen molar-refractivity contribution in [1.82, 2.24) is 15.1 Å². The van der Waals surface area contributed by atoms with E-state index in [1.165, 1.54) is 0 Å². The number of nitrogens with two attached hydrogens (primary N) is 1. The van der Waals surface area contributed by atoms with Crippen LogP contribution in [0.3, 0.4) is 0 Å². The molecular weight excluding hydrogens is 272 g/mol. The molecule has 0 saturated heterocycles. The highest BCUT2D eigenvalue weighted by atomic mass is 32.1. The summed E-state index contributed by atoms with van der Waals surface area (Å²) < 4.78 is 6.17. The summed E-state index contributed by atoms with van der Waals surface area (Å²) in [5, 5.41) is 5.06. The van der Waals surface area contributed by atoms with Crippen LogP contribution in [0.25, 0.3) is 21.6 Å². The number of rotatable bonds is 2. The van der Waals surface area contributed by atoms with E-state index >= 15 is 0 Å². The van der Waals surface area contributed by atoms with Gasteiger partial charge in [0, 0.05) is 11.0 Å². The first kappa shape index (κ1) is 13.2. The zero-order valence-corrected chi connectivity index (χ0v) is 12.5. The van der Waals surface area contributed by atoms with Crippen molar-refractivity contribution in [3.8, 4) is 11.4 Å². The van der Waals surface area contributed by atoms with E-state index in [0.29, 0.717) is 11.7 Å². The minimum absolute atomic E-state index is 0.0582. The lowest BCUT2D eigenvalue weighted by atomic mass is 9.98. The van der Waals surface area contributed by atoms with Crippen molar-refractivity contribution in [1.29, 1.82) is 0 Å². The van der Waals surface area contributed by atoms with Crippen LogP contribution in [-0.2, 0) is 12.0 Å². The molecule has 1 aromatic carbocycles. The van der Waals surface area contributed by atoms with Crippen molar-refractivity contribution >= 4 is 21.6 Å². The van der Waals surface area contributed by atoms with Crippen LogP contribution in [0.15, 0.2) is 22.7 Å². The molecule has 0 saturated carbocycles. The largest absolute Gasteiger partial charge is 0.338 e. The van der Waals surface area contributed by atoms with E-state index in [0.717, 1.165) is 20.8 Å². The van der Waals surface area contributed by atoms with Crippen molar-refractivity contribution in [3.05, 3.63) is 29.1 Å². The van der Waals surface area contributed by atoms with E-state index in [1.807, 2.05) is 18.2 Å². The second-order valence-corrected chi connectivity index (χ2v) is 6.70. The Kier molecular flexibility index (Phi) is 3.07. The standard InChI is InChI=1S/C14H16N4OS/c1-14(2,3)13-16-9-5-4-8(6-10(9)20-13)12-17-11(7-15)19-18-12/h4-6H,7,15H2,1-3H3. The summed E-state index contributed by atoms with van der Waals surface area (Å²) in [5.41, 5.74) is 7.46. The zero-order chi connectivity index (χ0) is 14.3. The molecule has 0 aliphatic heterocycles. The molecule has 5 nitrogen and oxygen atoms in total. The highest BCUT2D eigenvalue weighted by molar-refractivity contribution is 7.18. The molecule has 2 heterocycles. The Morgan fingerprint density at radius 1 is 1.25 bits per heavy atom. The highest BCUT2D eigenvalue weighted by Gasteiger charge is 2.19. The van der Waals surface area contributed by atoms with Gasteiger partial charge >= 0.3 is 0 Å². The Hall–Kier alpha value is -1.79. The summed E-state index contributed by atoms with van der Waals surface area (Å²) in [6, 6.07) is 6.00. The molecule has 20 heavy (non-hydrogen) atoms. The molecule has 0 radical (unpaired) electrons. The number of aromatic nitrogens is 3. The maximum atomic E-state index is 5.48. The first-order valence-electron chi connectivity index (χ1n) is 6.41. The Morgan fingerprint density at radius 3 is 2.70 bits per heavy atom. The fourth-order valence-electron chi connectivity index (χ4n) is 1.84.